The van der Waals surface area contributed by atoms with E-state index < -0.39 is 10.0 Å². The zero-order chi connectivity index (χ0) is 18.9. The zero-order valence-electron chi connectivity index (χ0n) is 14.7. The molecule has 0 radical (unpaired) electrons. The molecule has 0 aliphatic carbocycles. The summed E-state index contributed by atoms with van der Waals surface area (Å²) in [6.07, 6.45) is 4.80. The van der Waals surface area contributed by atoms with E-state index in [1.54, 1.807) is 24.5 Å². The normalized spacial score (nSPS) is 15.8. The lowest BCUT2D eigenvalue weighted by molar-refractivity contribution is 0.373. The Kier molecular flexibility index (Phi) is 4.54. The predicted molar refractivity (Wildman–Crippen MR) is 97.9 cm³/mol. The van der Waals surface area contributed by atoms with Crippen LogP contribution in [0.1, 0.15) is 0 Å². The molecule has 3 heterocycles. The Balaban J connectivity index is 1.61. The van der Waals surface area contributed by atoms with Crippen LogP contribution < -0.4 is 9.64 Å². The van der Waals surface area contributed by atoms with Crippen molar-refractivity contribution < 1.29 is 13.2 Å². The summed E-state index contributed by atoms with van der Waals surface area (Å²) < 4.78 is 33.3. The minimum absolute atomic E-state index is 0.150. The fourth-order valence-corrected chi connectivity index (χ4v) is 4.70. The van der Waals surface area contributed by atoms with E-state index in [0.717, 1.165) is 11.1 Å². The number of benzene rings is 1. The Morgan fingerprint density at radius 3 is 2.56 bits per heavy atom. The molecule has 1 aliphatic heterocycles. The second-order valence-corrected chi connectivity index (χ2v) is 7.96. The molecule has 1 fully saturated rings. The van der Waals surface area contributed by atoms with Gasteiger partial charge in [-0.3, -0.25) is 5.10 Å². The summed E-state index contributed by atoms with van der Waals surface area (Å²) in [5, 5.41) is 13.3. The van der Waals surface area contributed by atoms with Crippen LogP contribution in [0.15, 0.2) is 41.8 Å². The van der Waals surface area contributed by atoms with E-state index in [1.807, 2.05) is 11.0 Å². The first-order valence-corrected chi connectivity index (χ1v) is 9.81. The maximum absolute atomic E-state index is 13.3. The number of hydrogen-bond acceptors (Lipinski definition) is 7. The van der Waals surface area contributed by atoms with Gasteiger partial charge in [0.1, 0.15) is 17.0 Å². The van der Waals surface area contributed by atoms with Crippen molar-refractivity contribution in [3.8, 4) is 16.9 Å². The van der Waals surface area contributed by atoms with Gasteiger partial charge in [0.15, 0.2) is 0 Å². The first kappa shape index (κ1) is 17.5. The minimum Gasteiger partial charge on any atom is -0.495 e. The molecule has 2 N–H and O–H groups in total. The summed E-state index contributed by atoms with van der Waals surface area (Å²) in [7, 11) is -2.24. The van der Waals surface area contributed by atoms with Gasteiger partial charge >= 0.3 is 0 Å². The molecule has 0 unspecified atom stereocenters. The molecule has 4 rings (SSSR count). The van der Waals surface area contributed by atoms with Crippen molar-refractivity contribution in [3.05, 3.63) is 36.9 Å². The van der Waals surface area contributed by atoms with Gasteiger partial charge in [-0.2, -0.15) is 19.5 Å². The van der Waals surface area contributed by atoms with Crippen LogP contribution in [0.4, 0.5) is 5.95 Å². The monoisotopic (exact) mass is 389 g/mol. The number of anilines is 1. The van der Waals surface area contributed by atoms with E-state index in [0.29, 0.717) is 37.9 Å². The molecule has 0 saturated carbocycles. The predicted octanol–water partition coefficient (Wildman–Crippen LogP) is 0.714. The van der Waals surface area contributed by atoms with E-state index in [-0.39, 0.29) is 4.90 Å². The lowest BCUT2D eigenvalue weighted by Crippen LogP contribution is -2.49. The Hall–Kier alpha value is -2.92. The van der Waals surface area contributed by atoms with Gasteiger partial charge in [-0.05, 0) is 17.7 Å². The van der Waals surface area contributed by atoms with Gasteiger partial charge in [0, 0.05) is 37.9 Å². The van der Waals surface area contributed by atoms with Crippen LogP contribution >= 0.6 is 0 Å². The molecule has 10 nitrogen and oxygen atoms in total. The number of piperazine rings is 1. The highest BCUT2D eigenvalue weighted by Crippen LogP contribution is 2.32. The number of aromatic amines is 2. The fraction of sp³-hybridized carbons (Fsp3) is 0.312. The molecule has 142 valence electrons. The highest BCUT2D eigenvalue weighted by molar-refractivity contribution is 7.89. The molecule has 3 aromatic rings. The van der Waals surface area contributed by atoms with E-state index in [4.69, 9.17) is 4.74 Å². The third kappa shape index (κ3) is 3.26. The van der Waals surface area contributed by atoms with Crippen molar-refractivity contribution >= 4 is 16.0 Å². The quantitative estimate of drug-likeness (QED) is 0.659. The van der Waals surface area contributed by atoms with Gasteiger partial charge in [-0.1, -0.05) is 6.07 Å². The van der Waals surface area contributed by atoms with Crippen molar-refractivity contribution in [2.45, 2.75) is 4.90 Å². The molecule has 1 aliphatic rings. The molecule has 0 atom stereocenters. The molecular formula is C16H19N7O3S. The number of hydrogen-bond donors (Lipinski definition) is 2. The number of aromatic nitrogens is 5. The number of methoxy groups -OCH3 is 1. The van der Waals surface area contributed by atoms with Crippen LogP contribution in [-0.2, 0) is 10.0 Å². The summed E-state index contributed by atoms with van der Waals surface area (Å²) in [5.74, 6) is 0.964. The van der Waals surface area contributed by atoms with Crippen molar-refractivity contribution in [2.24, 2.45) is 0 Å². The van der Waals surface area contributed by atoms with Crippen molar-refractivity contribution in [1.82, 2.24) is 29.7 Å². The van der Waals surface area contributed by atoms with E-state index in [1.165, 1.54) is 17.7 Å². The van der Waals surface area contributed by atoms with Crippen LogP contribution in [0.5, 0.6) is 5.75 Å². The van der Waals surface area contributed by atoms with Gasteiger partial charge < -0.3 is 9.64 Å². The number of ether oxygens (including phenoxy) is 1. The van der Waals surface area contributed by atoms with Crippen LogP contribution in [0, 0.1) is 0 Å². The first-order chi connectivity index (χ1) is 13.1. The molecular weight excluding hydrogens is 370 g/mol. The second kappa shape index (κ2) is 7.00. The Labute approximate surface area is 156 Å². The highest BCUT2D eigenvalue weighted by atomic mass is 32.2. The standard InChI is InChI=1S/C16H19N7O3S/c1-26-14-3-2-12(13-9-18-19-10-13)8-15(14)27(24,25)23-6-4-22(5-7-23)16-17-11-20-21-16/h2-3,8-11H,4-7H2,1H3,(H,18,19)(H,17,20,21). The summed E-state index contributed by atoms with van der Waals surface area (Å²) in [5.41, 5.74) is 1.56. The SMILES string of the molecule is COc1ccc(-c2cn[nH]c2)cc1S(=O)(=O)N1CCN(c2ncn[nH]2)CC1. The van der Waals surface area contributed by atoms with Crippen molar-refractivity contribution in [1.29, 1.82) is 0 Å². The maximum atomic E-state index is 13.3. The molecule has 11 heteroatoms. The summed E-state index contributed by atoms with van der Waals surface area (Å²) in [4.78, 5) is 6.24. The number of nitrogens with zero attached hydrogens (tertiary/aromatic N) is 5. The third-order valence-corrected chi connectivity index (χ3v) is 6.47. The molecule has 1 saturated heterocycles. The van der Waals surface area contributed by atoms with E-state index in [9.17, 15) is 8.42 Å². The smallest absolute Gasteiger partial charge is 0.246 e. The molecule has 0 amide bonds. The average Bonchev–Trinajstić information content (AvgIpc) is 3.41. The molecule has 0 spiro atoms. The summed E-state index contributed by atoms with van der Waals surface area (Å²) in [6, 6.07) is 5.10. The number of nitrogens with one attached hydrogen (secondary N) is 2. The lowest BCUT2D eigenvalue weighted by atomic mass is 10.1. The fourth-order valence-electron chi connectivity index (χ4n) is 3.10. The Morgan fingerprint density at radius 1 is 1.11 bits per heavy atom. The van der Waals surface area contributed by atoms with Gasteiger partial charge in [0.2, 0.25) is 16.0 Å². The summed E-state index contributed by atoms with van der Waals surface area (Å²) >= 11 is 0. The maximum Gasteiger partial charge on any atom is 0.246 e. The van der Waals surface area contributed by atoms with E-state index in [2.05, 4.69) is 25.4 Å². The molecule has 27 heavy (non-hydrogen) atoms. The van der Waals surface area contributed by atoms with Crippen molar-refractivity contribution in [2.75, 3.05) is 38.2 Å². The minimum atomic E-state index is -3.71. The first-order valence-electron chi connectivity index (χ1n) is 8.37. The Bertz CT molecular complexity index is 995. The van der Waals surface area contributed by atoms with Crippen LogP contribution in [0.2, 0.25) is 0 Å². The summed E-state index contributed by atoms with van der Waals surface area (Å²) in [6.45, 7) is 1.75. The van der Waals surface area contributed by atoms with E-state index >= 15 is 0 Å². The Morgan fingerprint density at radius 2 is 1.93 bits per heavy atom. The largest absolute Gasteiger partial charge is 0.495 e. The number of sulfonamides is 1. The molecule has 2 aromatic heterocycles. The van der Waals surface area contributed by atoms with Gasteiger partial charge in [-0.15, -0.1) is 0 Å². The second-order valence-electron chi connectivity index (χ2n) is 6.05. The highest BCUT2D eigenvalue weighted by Gasteiger charge is 2.31. The lowest BCUT2D eigenvalue weighted by Gasteiger charge is -2.33. The van der Waals surface area contributed by atoms with Gasteiger partial charge in [-0.25, -0.2) is 13.5 Å². The van der Waals surface area contributed by atoms with Crippen LogP contribution in [0.25, 0.3) is 11.1 Å². The molecule has 1 aromatic carbocycles. The zero-order valence-corrected chi connectivity index (χ0v) is 15.5. The molecule has 0 bridgehead atoms. The third-order valence-electron chi connectivity index (χ3n) is 4.55. The number of H-pyrrole nitrogens is 2. The number of rotatable bonds is 5. The van der Waals surface area contributed by atoms with Crippen molar-refractivity contribution in [3.63, 3.8) is 0 Å². The van der Waals surface area contributed by atoms with Crippen LogP contribution in [-0.4, -0.2) is 71.4 Å². The van der Waals surface area contributed by atoms with Gasteiger partial charge in [0.25, 0.3) is 0 Å². The average molecular weight is 389 g/mol. The van der Waals surface area contributed by atoms with Gasteiger partial charge in [0.05, 0.1) is 13.3 Å². The van der Waals surface area contributed by atoms with Crippen LogP contribution in [0.3, 0.4) is 0 Å². The topological polar surface area (TPSA) is 120 Å².